The van der Waals surface area contributed by atoms with Crippen LogP contribution < -0.4 is 15.8 Å². The minimum Gasteiger partial charge on any atom is -0.380 e. The summed E-state index contributed by atoms with van der Waals surface area (Å²) in [6.07, 6.45) is 3.44. The zero-order chi connectivity index (χ0) is 19.1. The van der Waals surface area contributed by atoms with Gasteiger partial charge in [0.2, 0.25) is 0 Å². The lowest BCUT2D eigenvalue weighted by Crippen LogP contribution is -2.44. The van der Waals surface area contributed by atoms with E-state index in [2.05, 4.69) is 22.3 Å². The molecular formula is C21H27N3O3. The Hall–Kier alpha value is -2.60. The summed E-state index contributed by atoms with van der Waals surface area (Å²) in [6, 6.07) is 13.5. The molecule has 0 unspecified atom stereocenters. The van der Waals surface area contributed by atoms with Gasteiger partial charge >= 0.3 is 0 Å². The minimum atomic E-state index is -0.127. The third-order valence-corrected chi connectivity index (χ3v) is 4.88. The van der Waals surface area contributed by atoms with Crippen molar-refractivity contribution in [1.82, 2.24) is 9.88 Å². The molecule has 0 saturated carbocycles. The molecule has 0 bridgehead atoms. The smallest absolute Gasteiger partial charge is 0.252 e. The Kier molecular flexibility index (Phi) is 6.65. The Bertz CT molecular complexity index is 796. The predicted octanol–water partition coefficient (Wildman–Crippen LogP) is 2.28. The number of benzene rings is 1. The highest BCUT2D eigenvalue weighted by molar-refractivity contribution is 5.94. The van der Waals surface area contributed by atoms with Crippen LogP contribution in [0, 0.1) is 0 Å². The second-order valence-corrected chi connectivity index (χ2v) is 6.72. The number of piperidine rings is 1. The lowest BCUT2D eigenvalue weighted by Gasteiger charge is -2.34. The van der Waals surface area contributed by atoms with Crippen LogP contribution in [0.4, 0.5) is 5.69 Å². The number of nitrogens with one attached hydrogen (secondary N) is 1. The molecule has 1 aromatic carbocycles. The second kappa shape index (κ2) is 9.37. The van der Waals surface area contributed by atoms with Crippen molar-refractivity contribution in [3.63, 3.8) is 0 Å². The molecule has 27 heavy (non-hydrogen) atoms. The van der Waals surface area contributed by atoms with E-state index in [1.54, 1.807) is 12.3 Å². The van der Waals surface area contributed by atoms with Gasteiger partial charge in [0, 0.05) is 50.2 Å². The Balaban J connectivity index is 1.55. The highest BCUT2D eigenvalue weighted by Gasteiger charge is 2.21. The second-order valence-electron chi connectivity index (χ2n) is 6.72. The van der Waals surface area contributed by atoms with Crippen LogP contribution in [0.25, 0.3) is 0 Å². The fraction of sp³-hybridized carbons (Fsp3) is 0.429. The summed E-state index contributed by atoms with van der Waals surface area (Å²) in [5.41, 5.74) is 1.61. The molecule has 0 radical (unpaired) electrons. The van der Waals surface area contributed by atoms with Gasteiger partial charge in [-0.2, -0.15) is 0 Å². The number of rotatable bonds is 7. The largest absolute Gasteiger partial charge is 0.380 e. The summed E-state index contributed by atoms with van der Waals surface area (Å²) in [5.74, 6) is -0.127. The minimum absolute atomic E-state index is 0.123. The lowest BCUT2D eigenvalue weighted by molar-refractivity contribution is 0.0929. The van der Waals surface area contributed by atoms with Gasteiger partial charge in [0.05, 0.1) is 12.2 Å². The van der Waals surface area contributed by atoms with Gasteiger partial charge in [-0.05, 0) is 38.0 Å². The van der Waals surface area contributed by atoms with E-state index in [9.17, 15) is 9.59 Å². The van der Waals surface area contributed by atoms with Gasteiger partial charge < -0.3 is 19.5 Å². The molecular weight excluding hydrogens is 342 g/mol. The van der Waals surface area contributed by atoms with E-state index in [0.29, 0.717) is 25.3 Å². The number of hydrogen-bond acceptors (Lipinski definition) is 4. The molecule has 1 N–H and O–H groups in total. The topological polar surface area (TPSA) is 63.6 Å². The summed E-state index contributed by atoms with van der Waals surface area (Å²) in [5, 5.41) is 3.11. The van der Waals surface area contributed by atoms with E-state index in [1.807, 2.05) is 25.1 Å². The number of anilines is 1. The van der Waals surface area contributed by atoms with Crippen LogP contribution in [-0.4, -0.2) is 42.8 Å². The van der Waals surface area contributed by atoms with Crippen molar-refractivity contribution in [1.29, 1.82) is 0 Å². The molecule has 6 heteroatoms. The molecule has 0 spiro atoms. The van der Waals surface area contributed by atoms with Gasteiger partial charge in [-0.15, -0.1) is 0 Å². The van der Waals surface area contributed by atoms with Crippen molar-refractivity contribution in [3.05, 3.63) is 64.6 Å². The molecule has 1 aliphatic heterocycles. The van der Waals surface area contributed by atoms with Gasteiger partial charge in [-0.25, -0.2) is 0 Å². The zero-order valence-corrected chi connectivity index (χ0v) is 15.8. The van der Waals surface area contributed by atoms with Crippen molar-refractivity contribution in [2.45, 2.75) is 32.4 Å². The van der Waals surface area contributed by atoms with Crippen molar-refractivity contribution < 1.29 is 9.53 Å². The van der Waals surface area contributed by atoms with Crippen LogP contribution >= 0.6 is 0 Å². The molecule has 6 nitrogen and oxygen atoms in total. The summed E-state index contributed by atoms with van der Waals surface area (Å²) >= 11 is 0. The summed E-state index contributed by atoms with van der Waals surface area (Å²) in [6.45, 7) is 5.26. The predicted molar refractivity (Wildman–Crippen MR) is 106 cm³/mol. The van der Waals surface area contributed by atoms with E-state index in [4.69, 9.17) is 4.74 Å². The third kappa shape index (κ3) is 5.20. The number of carbonyl (C=O) groups is 1. The van der Waals surface area contributed by atoms with Gasteiger partial charge in [-0.1, -0.05) is 18.2 Å². The monoisotopic (exact) mass is 369 g/mol. The number of para-hydroxylation sites is 1. The van der Waals surface area contributed by atoms with Crippen molar-refractivity contribution in [2.24, 2.45) is 0 Å². The van der Waals surface area contributed by atoms with Gasteiger partial charge in [0.15, 0.2) is 0 Å². The molecule has 1 aromatic heterocycles. The van der Waals surface area contributed by atoms with Crippen LogP contribution in [0.3, 0.4) is 0 Å². The van der Waals surface area contributed by atoms with Crippen LogP contribution in [-0.2, 0) is 11.3 Å². The average molecular weight is 369 g/mol. The normalized spacial score (nSPS) is 14.9. The molecule has 1 fully saturated rings. The van der Waals surface area contributed by atoms with Gasteiger partial charge in [-0.3, -0.25) is 9.59 Å². The van der Waals surface area contributed by atoms with Crippen LogP contribution in [0.15, 0.2) is 53.5 Å². The lowest BCUT2D eigenvalue weighted by atomic mass is 10.0. The summed E-state index contributed by atoms with van der Waals surface area (Å²) in [7, 11) is 0. The molecule has 3 rings (SSSR count). The molecule has 2 heterocycles. The maximum Gasteiger partial charge on any atom is 0.252 e. The van der Waals surface area contributed by atoms with E-state index in [1.165, 1.54) is 16.3 Å². The van der Waals surface area contributed by atoms with E-state index in [-0.39, 0.29) is 17.5 Å². The average Bonchev–Trinajstić information content (AvgIpc) is 2.71. The maximum atomic E-state index is 12.6. The molecule has 0 aliphatic carbocycles. The van der Waals surface area contributed by atoms with Crippen LogP contribution in [0.5, 0.6) is 0 Å². The third-order valence-electron chi connectivity index (χ3n) is 4.88. The van der Waals surface area contributed by atoms with Gasteiger partial charge in [0.1, 0.15) is 0 Å². The molecule has 144 valence electrons. The number of carbonyl (C=O) groups excluding carboxylic acids is 1. The number of amides is 1. The van der Waals surface area contributed by atoms with Gasteiger partial charge in [0.25, 0.3) is 11.5 Å². The van der Waals surface area contributed by atoms with Crippen molar-refractivity contribution in [3.8, 4) is 0 Å². The zero-order valence-electron chi connectivity index (χ0n) is 15.8. The molecule has 0 atom stereocenters. The quantitative estimate of drug-likeness (QED) is 0.761. The number of pyridine rings is 1. The first-order valence-corrected chi connectivity index (χ1v) is 9.56. The Labute approximate surface area is 159 Å². The fourth-order valence-corrected chi connectivity index (χ4v) is 3.34. The first kappa shape index (κ1) is 19.2. The van der Waals surface area contributed by atoms with Crippen molar-refractivity contribution in [2.75, 3.05) is 31.2 Å². The maximum absolute atomic E-state index is 12.6. The Morgan fingerprint density at radius 1 is 1.15 bits per heavy atom. The molecule has 1 aliphatic rings. The summed E-state index contributed by atoms with van der Waals surface area (Å²) < 4.78 is 6.83. The Morgan fingerprint density at radius 2 is 1.89 bits per heavy atom. The molecule has 1 saturated heterocycles. The number of aromatic nitrogens is 1. The summed E-state index contributed by atoms with van der Waals surface area (Å²) in [4.78, 5) is 26.8. The number of nitrogens with zero attached hydrogens (tertiary/aromatic N) is 2. The molecule has 2 aromatic rings. The molecule has 1 amide bonds. The van der Waals surface area contributed by atoms with E-state index < -0.39 is 0 Å². The highest BCUT2D eigenvalue weighted by Crippen LogP contribution is 2.19. The van der Waals surface area contributed by atoms with E-state index in [0.717, 1.165) is 25.9 Å². The first-order chi connectivity index (χ1) is 13.2. The standard InChI is InChI=1S/C21H27N3O3/c1-2-27-15-14-24-16-17(8-9-20(24)25)21(26)22-18-10-12-23(13-11-18)19-6-4-3-5-7-19/h3-9,16,18H,2,10-15H2,1H3,(H,22,26). The van der Waals surface area contributed by atoms with E-state index >= 15 is 0 Å². The number of hydrogen-bond donors (Lipinski definition) is 1. The van der Waals surface area contributed by atoms with Crippen molar-refractivity contribution >= 4 is 11.6 Å². The van der Waals surface area contributed by atoms with Crippen LogP contribution in [0.1, 0.15) is 30.1 Å². The highest BCUT2D eigenvalue weighted by atomic mass is 16.5. The number of ether oxygens (including phenoxy) is 1. The Morgan fingerprint density at radius 3 is 2.59 bits per heavy atom. The SMILES string of the molecule is CCOCCn1cc(C(=O)NC2CCN(c3ccccc3)CC2)ccc1=O. The first-order valence-electron chi connectivity index (χ1n) is 9.56. The van der Waals surface area contributed by atoms with Crippen LogP contribution in [0.2, 0.25) is 0 Å². The fourth-order valence-electron chi connectivity index (χ4n) is 3.34.